The third-order valence-electron chi connectivity index (χ3n) is 2.16. The second-order valence-corrected chi connectivity index (χ2v) is 3.96. The zero-order valence-corrected chi connectivity index (χ0v) is 10.1. The zero-order chi connectivity index (χ0) is 12.4. The number of rotatable bonds is 2. The van der Waals surface area contributed by atoms with Crippen LogP contribution in [0.3, 0.4) is 0 Å². The monoisotopic (exact) mass is 251 g/mol. The van der Waals surface area contributed by atoms with Gasteiger partial charge in [-0.15, -0.1) is 0 Å². The molecular weight excluding hydrogens is 242 g/mol. The van der Waals surface area contributed by atoms with Crippen molar-refractivity contribution >= 4 is 28.5 Å². The van der Waals surface area contributed by atoms with Gasteiger partial charge >= 0.3 is 5.97 Å². The predicted octanol–water partition coefficient (Wildman–Crippen LogP) is 3.05. The SMILES string of the molecule is CC(=O)OOc1ccc(Cl)c2ccc(C)nc12. The molecule has 0 fully saturated rings. The van der Waals surface area contributed by atoms with Crippen molar-refractivity contribution in [2.75, 3.05) is 0 Å². The molecule has 1 aromatic heterocycles. The van der Waals surface area contributed by atoms with E-state index in [2.05, 4.69) is 9.87 Å². The summed E-state index contributed by atoms with van der Waals surface area (Å²) in [5.74, 6) is -0.163. The van der Waals surface area contributed by atoms with Crippen LogP contribution in [0.15, 0.2) is 24.3 Å². The molecule has 0 amide bonds. The summed E-state index contributed by atoms with van der Waals surface area (Å²) in [6.07, 6.45) is 0. The first-order valence-electron chi connectivity index (χ1n) is 4.99. The van der Waals surface area contributed by atoms with E-state index in [4.69, 9.17) is 16.5 Å². The molecule has 5 heteroatoms. The summed E-state index contributed by atoms with van der Waals surface area (Å²) in [6.45, 7) is 3.12. The predicted molar refractivity (Wildman–Crippen MR) is 63.9 cm³/mol. The molecule has 2 aromatic rings. The molecule has 2 rings (SSSR count). The van der Waals surface area contributed by atoms with Crippen molar-refractivity contribution in [3.63, 3.8) is 0 Å². The maximum absolute atomic E-state index is 10.7. The van der Waals surface area contributed by atoms with Crippen molar-refractivity contribution in [2.45, 2.75) is 13.8 Å². The number of benzene rings is 1. The molecule has 0 saturated heterocycles. The molecule has 17 heavy (non-hydrogen) atoms. The van der Waals surface area contributed by atoms with Crippen LogP contribution >= 0.6 is 11.6 Å². The molecule has 0 aliphatic rings. The second kappa shape index (κ2) is 4.59. The molecule has 4 nitrogen and oxygen atoms in total. The molecule has 0 N–H and O–H groups in total. The number of halogens is 1. The third-order valence-corrected chi connectivity index (χ3v) is 2.48. The van der Waals surface area contributed by atoms with Crippen LogP contribution < -0.4 is 4.89 Å². The van der Waals surface area contributed by atoms with Gasteiger partial charge in [0, 0.05) is 18.0 Å². The van der Waals surface area contributed by atoms with Crippen molar-refractivity contribution in [1.82, 2.24) is 4.98 Å². The van der Waals surface area contributed by atoms with E-state index in [1.807, 2.05) is 19.1 Å². The van der Waals surface area contributed by atoms with Gasteiger partial charge in [0.1, 0.15) is 5.52 Å². The van der Waals surface area contributed by atoms with Crippen LogP contribution in [-0.4, -0.2) is 11.0 Å². The van der Waals surface area contributed by atoms with Crippen molar-refractivity contribution < 1.29 is 14.6 Å². The van der Waals surface area contributed by atoms with E-state index in [9.17, 15) is 4.79 Å². The fourth-order valence-corrected chi connectivity index (χ4v) is 1.64. The third kappa shape index (κ3) is 2.47. The maximum Gasteiger partial charge on any atom is 0.352 e. The van der Waals surface area contributed by atoms with E-state index in [0.717, 1.165) is 11.1 Å². The number of carbonyl (C=O) groups is 1. The van der Waals surface area contributed by atoms with Crippen LogP contribution in [0.4, 0.5) is 0 Å². The van der Waals surface area contributed by atoms with Gasteiger partial charge < -0.3 is 0 Å². The highest BCUT2D eigenvalue weighted by atomic mass is 35.5. The fourth-order valence-electron chi connectivity index (χ4n) is 1.43. The molecule has 0 atom stereocenters. The highest BCUT2D eigenvalue weighted by molar-refractivity contribution is 6.35. The van der Waals surface area contributed by atoms with Crippen molar-refractivity contribution in [2.24, 2.45) is 0 Å². The summed E-state index contributed by atoms with van der Waals surface area (Å²) in [5.41, 5.74) is 1.39. The van der Waals surface area contributed by atoms with E-state index in [-0.39, 0.29) is 0 Å². The first-order valence-corrected chi connectivity index (χ1v) is 5.36. The number of carbonyl (C=O) groups excluding carboxylic acids is 1. The first-order chi connectivity index (χ1) is 8.08. The Bertz CT molecular complexity index is 583. The molecule has 0 spiro atoms. The van der Waals surface area contributed by atoms with Gasteiger partial charge in [0.15, 0.2) is 0 Å². The Labute approximate surface area is 103 Å². The number of fused-ring (bicyclic) bond motifs is 1. The van der Waals surface area contributed by atoms with Crippen LogP contribution in [0.5, 0.6) is 5.75 Å². The van der Waals surface area contributed by atoms with E-state index in [0.29, 0.717) is 16.3 Å². The number of pyridine rings is 1. The van der Waals surface area contributed by atoms with Crippen molar-refractivity contribution in [3.8, 4) is 5.75 Å². The summed E-state index contributed by atoms with van der Waals surface area (Å²) in [7, 11) is 0. The highest BCUT2D eigenvalue weighted by Crippen LogP contribution is 2.30. The Morgan fingerprint density at radius 1 is 1.29 bits per heavy atom. The Morgan fingerprint density at radius 3 is 2.76 bits per heavy atom. The van der Waals surface area contributed by atoms with Gasteiger partial charge in [-0.3, -0.25) is 9.78 Å². The summed E-state index contributed by atoms with van der Waals surface area (Å²) >= 11 is 6.04. The molecule has 0 bridgehead atoms. The normalized spacial score (nSPS) is 10.3. The lowest BCUT2D eigenvalue weighted by Crippen LogP contribution is -2.03. The van der Waals surface area contributed by atoms with Crippen LogP contribution in [0.1, 0.15) is 12.6 Å². The molecule has 0 saturated carbocycles. The number of aryl methyl sites for hydroxylation is 1. The smallest absolute Gasteiger partial charge is 0.285 e. The highest BCUT2D eigenvalue weighted by Gasteiger charge is 2.09. The van der Waals surface area contributed by atoms with Gasteiger partial charge in [-0.25, -0.2) is 9.78 Å². The summed E-state index contributed by atoms with van der Waals surface area (Å²) in [6, 6.07) is 6.98. The van der Waals surface area contributed by atoms with E-state index < -0.39 is 5.97 Å². The molecule has 0 aliphatic carbocycles. The number of nitrogens with zero attached hydrogens (tertiary/aromatic N) is 1. The minimum atomic E-state index is -0.527. The zero-order valence-electron chi connectivity index (χ0n) is 9.36. The van der Waals surface area contributed by atoms with Crippen LogP contribution in [0.25, 0.3) is 10.9 Å². The Hall–Kier alpha value is -1.81. The molecule has 0 aliphatic heterocycles. The molecular formula is C12H10ClNO3. The van der Waals surface area contributed by atoms with Gasteiger partial charge in [0.25, 0.3) is 0 Å². The quantitative estimate of drug-likeness (QED) is 0.608. The Kier molecular flexibility index (Phi) is 3.15. The van der Waals surface area contributed by atoms with Gasteiger partial charge in [0.2, 0.25) is 5.75 Å². The van der Waals surface area contributed by atoms with E-state index >= 15 is 0 Å². The second-order valence-electron chi connectivity index (χ2n) is 3.55. The number of aromatic nitrogens is 1. The number of hydrogen-bond donors (Lipinski definition) is 0. The standard InChI is InChI=1S/C12H10ClNO3/c1-7-3-4-9-10(13)5-6-11(12(9)14-7)17-16-8(2)15/h3-6H,1-2H3. The Balaban J connectivity index is 2.52. The minimum Gasteiger partial charge on any atom is -0.285 e. The summed E-state index contributed by atoms with van der Waals surface area (Å²) in [4.78, 5) is 24.4. The minimum absolute atomic E-state index is 0.364. The van der Waals surface area contributed by atoms with Gasteiger partial charge in [0.05, 0.1) is 5.02 Å². The first kappa shape index (κ1) is 11.7. The summed E-state index contributed by atoms with van der Waals surface area (Å²) < 4.78 is 0. The topological polar surface area (TPSA) is 48.4 Å². The van der Waals surface area contributed by atoms with Gasteiger partial charge in [-0.1, -0.05) is 11.6 Å². The Morgan fingerprint density at radius 2 is 2.06 bits per heavy atom. The lowest BCUT2D eigenvalue weighted by Gasteiger charge is -2.07. The molecule has 0 radical (unpaired) electrons. The lowest BCUT2D eigenvalue weighted by atomic mass is 10.2. The average molecular weight is 252 g/mol. The van der Waals surface area contributed by atoms with Crippen LogP contribution in [-0.2, 0) is 9.68 Å². The van der Waals surface area contributed by atoms with Crippen LogP contribution in [0, 0.1) is 6.92 Å². The molecule has 1 aromatic carbocycles. The van der Waals surface area contributed by atoms with Crippen molar-refractivity contribution in [1.29, 1.82) is 0 Å². The molecule has 0 unspecified atom stereocenters. The maximum atomic E-state index is 10.7. The summed E-state index contributed by atoms with van der Waals surface area (Å²) in [5, 5.41) is 1.32. The average Bonchev–Trinajstić information content (AvgIpc) is 2.28. The van der Waals surface area contributed by atoms with E-state index in [1.54, 1.807) is 12.1 Å². The van der Waals surface area contributed by atoms with Gasteiger partial charge in [-0.2, -0.15) is 0 Å². The lowest BCUT2D eigenvalue weighted by molar-refractivity contribution is -0.210. The molecule has 88 valence electrons. The van der Waals surface area contributed by atoms with Crippen LogP contribution in [0.2, 0.25) is 5.02 Å². The fraction of sp³-hybridized carbons (Fsp3) is 0.167. The molecule has 1 heterocycles. The van der Waals surface area contributed by atoms with Crippen molar-refractivity contribution in [3.05, 3.63) is 35.0 Å². The number of hydrogen-bond acceptors (Lipinski definition) is 4. The largest absolute Gasteiger partial charge is 0.352 e. The van der Waals surface area contributed by atoms with Gasteiger partial charge in [-0.05, 0) is 31.2 Å². The van der Waals surface area contributed by atoms with E-state index in [1.165, 1.54) is 6.92 Å².